The van der Waals surface area contributed by atoms with E-state index >= 15 is 0 Å². The molecule has 0 bridgehead atoms. The molecule has 0 aliphatic rings. The van der Waals surface area contributed by atoms with Crippen molar-refractivity contribution in [3.05, 3.63) is 103 Å². The molecule has 4 aromatic carbocycles. The number of furan rings is 2. The van der Waals surface area contributed by atoms with Crippen LogP contribution in [-0.2, 0) is 7.05 Å². The molecule has 0 fully saturated rings. The molecule has 0 amide bonds. The Kier molecular flexibility index (Phi) is 4.01. The summed E-state index contributed by atoms with van der Waals surface area (Å²) in [4.78, 5) is 5.18. The van der Waals surface area contributed by atoms with Gasteiger partial charge in [0.05, 0.1) is 18.8 Å². The van der Waals surface area contributed by atoms with Gasteiger partial charge in [0.25, 0.3) is 0 Å². The number of imidazole rings is 1. The van der Waals surface area contributed by atoms with E-state index in [2.05, 4.69) is 83.9 Å². The third-order valence-electron chi connectivity index (χ3n) is 7.24. The number of rotatable bonds is 2. The average Bonchev–Trinajstić information content (AvgIpc) is 3.59. The molecule has 0 aliphatic carbocycles. The quantitative estimate of drug-likeness (QED) is 0.239. The van der Waals surface area contributed by atoms with Gasteiger partial charge in [-0.2, -0.15) is 4.57 Å². The SMILES string of the molecule is Cc1cc2nc(-c3cccc4c3oc3ccccc34)n(-c3ccc4c(c3)oc3ccccc34)c2[n+](C)c1. The van der Waals surface area contributed by atoms with Crippen LogP contribution in [0.4, 0.5) is 0 Å². The molecule has 0 N–H and O–H groups in total. The van der Waals surface area contributed by atoms with Gasteiger partial charge in [0.15, 0.2) is 5.52 Å². The zero-order valence-corrected chi connectivity index (χ0v) is 20.4. The van der Waals surface area contributed by atoms with Crippen LogP contribution in [0, 0.1) is 6.92 Å². The van der Waals surface area contributed by atoms with Crippen molar-refractivity contribution in [2.75, 3.05) is 0 Å². The van der Waals surface area contributed by atoms with Gasteiger partial charge in [-0.05, 0) is 48.9 Å². The van der Waals surface area contributed by atoms with Crippen LogP contribution in [-0.4, -0.2) is 9.55 Å². The lowest BCUT2D eigenvalue weighted by Crippen LogP contribution is -2.31. The minimum atomic E-state index is 0.830. The van der Waals surface area contributed by atoms with Crippen molar-refractivity contribution in [1.82, 2.24) is 9.55 Å². The smallest absolute Gasteiger partial charge is 0.314 e. The van der Waals surface area contributed by atoms with Crippen LogP contribution >= 0.6 is 0 Å². The van der Waals surface area contributed by atoms with Crippen LogP contribution in [0.3, 0.4) is 0 Å². The fourth-order valence-electron chi connectivity index (χ4n) is 5.69. The summed E-state index contributed by atoms with van der Waals surface area (Å²) < 4.78 is 17.0. The summed E-state index contributed by atoms with van der Waals surface area (Å²) in [5.41, 5.74) is 8.47. The van der Waals surface area contributed by atoms with E-state index in [4.69, 9.17) is 13.8 Å². The number of benzene rings is 4. The molecule has 5 heteroatoms. The maximum absolute atomic E-state index is 6.41. The Bertz CT molecular complexity index is 2180. The van der Waals surface area contributed by atoms with Crippen molar-refractivity contribution in [3.8, 4) is 17.1 Å². The summed E-state index contributed by atoms with van der Waals surface area (Å²) in [5.74, 6) is 0.830. The second kappa shape index (κ2) is 7.31. The van der Waals surface area contributed by atoms with Crippen LogP contribution in [0.5, 0.6) is 0 Å². The second-order valence-electron chi connectivity index (χ2n) is 9.67. The van der Waals surface area contributed by atoms with Crippen LogP contribution in [0.15, 0.2) is 106 Å². The monoisotopic (exact) mass is 480 g/mol. The predicted octanol–water partition coefficient (Wildman–Crippen LogP) is 7.62. The molecule has 37 heavy (non-hydrogen) atoms. The molecule has 4 aromatic heterocycles. The molecule has 5 nitrogen and oxygen atoms in total. The van der Waals surface area contributed by atoms with Crippen LogP contribution in [0.1, 0.15) is 5.56 Å². The summed E-state index contributed by atoms with van der Waals surface area (Å²) in [6, 6.07) is 31.1. The number of aryl methyl sites for hydroxylation is 2. The molecule has 0 radical (unpaired) electrons. The Morgan fingerprint density at radius 1 is 0.703 bits per heavy atom. The number of fused-ring (bicyclic) bond motifs is 7. The molecule has 8 rings (SSSR count). The van der Waals surface area contributed by atoms with E-state index in [0.29, 0.717) is 0 Å². The minimum absolute atomic E-state index is 0.830. The van der Waals surface area contributed by atoms with Gasteiger partial charge in [0.2, 0.25) is 5.82 Å². The highest BCUT2D eigenvalue weighted by Crippen LogP contribution is 2.38. The highest BCUT2D eigenvalue weighted by Gasteiger charge is 2.27. The fourth-order valence-corrected chi connectivity index (χ4v) is 5.69. The Balaban J connectivity index is 1.48. The zero-order chi connectivity index (χ0) is 24.7. The van der Waals surface area contributed by atoms with Crippen LogP contribution in [0.2, 0.25) is 0 Å². The number of hydrogen-bond acceptors (Lipinski definition) is 3. The first-order chi connectivity index (χ1) is 18.2. The van der Waals surface area contributed by atoms with Gasteiger partial charge in [-0.1, -0.05) is 48.5 Å². The number of pyridine rings is 1. The average molecular weight is 481 g/mol. The van der Waals surface area contributed by atoms with Crippen molar-refractivity contribution in [2.45, 2.75) is 6.92 Å². The predicted molar refractivity (Wildman–Crippen MR) is 147 cm³/mol. The molecule has 0 aliphatic heterocycles. The lowest BCUT2D eigenvalue weighted by atomic mass is 10.1. The van der Waals surface area contributed by atoms with E-state index in [-0.39, 0.29) is 0 Å². The van der Waals surface area contributed by atoms with Gasteiger partial charge in [-0.15, -0.1) is 0 Å². The molecule has 0 spiro atoms. The van der Waals surface area contributed by atoms with E-state index in [0.717, 1.165) is 77.7 Å². The summed E-state index contributed by atoms with van der Waals surface area (Å²) in [6.07, 6.45) is 2.13. The topological polar surface area (TPSA) is 48.0 Å². The largest absolute Gasteiger partial charge is 0.456 e. The summed E-state index contributed by atoms with van der Waals surface area (Å²) in [7, 11) is 2.07. The lowest BCUT2D eigenvalue weighted by Gasteiger charge is -2.05. The second-order valence-corrected chi connectivity index (χ2v) is 9.67. The zero-order valence-electron chi connectivity index (χ0n) is 20.4. The summed E-state index contributed by atoms with van der Waals surface area (Å²) >= 11 is 0. The summed E-state index contributed by atoms with van der Waals surface area (Å²) in [5, 5.41) is 4.41. The highest BCUT2D eigenvalue weighted by atomic mass is 16.3. The molecule has 0 saturated carbocycles. The molecule has 0 atom stereocenters. The maximum atomic E-state index is 6.41. The third kappa shape index (κ3) is 2.85. The Morgan fingerprint density at radius 3 is 2.24 bits per heavy atom. The molecule has 8 aromatic rings. The number of hydrogen-bond donors (Lipinski definition) is 0. The van der Waals surface area contributed by atoms with Gasteiger partial charge in [0, 0.05) is 27.6 Å². The first-order valence-electron chi connectivity index (χ1n) is 12.4. The van der Waals surface area contributed by atoms with E-state index in [1.165, 1.54) is 0 Å². The van der Waals surface area contributed by atoms with Crippen molar-refractivity contribution < 1.29 is 13.4 Å². The van der Waals surface area contributed by atoms with Crippen LogP contribution in [0.25, 0.3) is 72.1 Å². The first kappa shape index (κ1) is 20.3. The summed E-state index contributed by atoms with van der Waals surface area (Å²) in [6.45, 7) is 2.10. The van der Waals surface area contributed by atoms with Gasteiger partial charge in [-0.3, -0.25) is 0 Å². The molecule has 4 heterocycles. The third-order valence-corrected chi connectivity index (χ3v) is 7.24. The number of para-hydroxylation sites is 3. The number of aromatic nitrogens is 3. The minimum Gasteiger partial charge on any atom is -0.456 e. The fraction of sp³-hybridized carbons (Fsp3) is 0.0625. The van der Waals surface area contributed by atoms with Crippen molar-refractivity contribution in [3.63, 3.8) is 0 Å². The van der Waals surface area contributed by atoms with Crippen LogP contribution < -0.4 is 4.57 Å². The van der Waals surface area contributed by atoms with Gasteiger partial charge < -0.3 is 8.83 Å². The Labute approximate surface area is 211 Å². The molecule has 0 saturated heterocycles. The Morgan fingerprint density at radius 2 is 1.41 bits per heavy atom. The molecular weight excluding hydrogens is 458 g/mol. The number of nitrogens with zero attached hydrogens (tertiary/aromatic N) is 3. The maximum Gasteiger partial charge on any atom is 0.314 e. The van der Waals surface area contributed by atoms with Crippen molar-refractivity contribution >= 4 is 55.0 Å². The van der Waals surface area contributed by atoms with Crippen molar-refractivity contribution in [2.24, 2.45) is 7.05 Å². The molecule has 0 unspecified atom stereocenters. The van der Waals surface area contributed by atoms with E-state index in [9.17, 15) is 0 Å². The van der Waals surface area contributed by atoms with E-state index in [1.54, 1.807) is 0 Å². The Hall–Kier alpha value is -4.90. The van der Waals surface area contributed by atoms with E-state index < -0.39 is 0 Å². The standard InChI is InChI=1S/C32H22N3O2/c1-19-16-26-32(34(2)18-19)35(20-14-15-23-21-8-3-5-12-27(21)36-29(23)17-20)31(33-26)25-11-7-10-24-22-9-4-6-13-28(22)37-30(24)25/h3-18H,1-2H3/q+1. The highest BCUT2D eigenvalue weighted by molar-refractivity contribution is 6.09. The lowest BCUT2D eigenvalue weighted by molar-refractivity contribution is -0.647. The normalized spacial score (nSPS) is 12.1. The van der Waals surface area contributed by atoms with E-state index in [1.807, 2.05) is 36.4 Å². The van der Waals surface area contributed by atoms with Gasteiger partial charge >= 0.3 is 5.65 Å². The van der Waals surface area contributed by atoms with Crippen molar-refractivity contribution in [1.29, 1.82) is 0 Å². The van der Waals surface area contributed by atoms with Gasteiger partial charge in [0.1, 0.15) is 28.0 Å². The molecule has 176 valence electrons. The molecular formula is C32H22N3O2+. The van der Waals surface area contributed by atoms with Gasteiger partial charge in [-0.25, -0.2) is 9.55 Å². The first-order valence-corrected chi connectivity index (χ1v) is 12.4.